The lowest BCUT2D eigenvalue weighted by Gasteiger charge is -2.10. The van der Waals surface area contributed by atoms with Crippen molar-refractivity contribution in [2.24, 2.45) is 0 Å². The Labute approximate surface area is 196 Å². The van der Waals surface area contributed by atoms with E-state index in [1.807, 2.05) is 6.07 Å². The molecule has 0 saturated carbocycles. The molecule has 0 radical (unpaired) electrons. The first-order chi connectivity index (χ1) is 16.4. The molecule has 8 nitrogen and oxygen atoms in total. The maximum atomic E-state index is 13.3. The van der Waals surface area contributed by atoms with Gasteiger partial charge in [-0.2, -0.15) is 5.10 Å². The Morgan fingerprint density at radius 1 is 1.09 bits per heavy atom. The third-order valence-corrected chi connectivity index (χ3v) is 6.65. The van der Waals surface area contributed by atoms with E-state index >= 15 is 0 Å². The van der Waals surface area contributed by atoms with Crippen LogP contribution in [0.1, 0.15) is 15.9 Å². The Balaban J connectivity index is 1.51. The minimum Gasteiger partial charge on any atom is -0.383 e. The van der Waals surface area contributed by atoms with Gasteiger partial charge in [0.2, 0.25) is 10.0 Å². The minimum absolute atomic E-state index is 0.109. The van der Waals surface area contributed by atoms with E-state index in [2.05, 4.69) is 15.1 Å². The van der Waals surface area contributed by atoms with Crippen LogP contribution in [-0.4, -0.2) is 44.4 Å². The lowest BCUT2D eigenvalue weighted by Crippen LogP contribution is -2.27. The maximum Gasteiger partial charge on any atom is 0.252 e. The number of nitrogens with one attached hydrogen (secondary N) is 2. The molecule has 176 valence electrons. The van der Waals surface area contributed by atoms with Crippen molar-refractivity contribution in [3.05, 3.63) is 89.9 Å². The quantitative estimate of drug-likeness (QED) is 0.357. The summed E-state index contributed by atoms with van der Waals surface area (Å²) in [4.78, 5) is 13.0. The minimum atomic E-state index is -3.68. The molecule has 0 fully saturated rings. The van der Waals surface area contributed by atoms with Crippen LogP contribution < -0.4 is 10.0 Å². The summed E-state index contributed by atoms with van der Waals surface area (Å²) >= 11 is 0. The van der Waals surface area contributed by atoms with Crippen molar-refractivity contribution >= 4 is 26.8 Å². The molecule has 0 aliphatic carbocycles. The van der Waals surface area contributed by atoms with Crippen LogP contribution in [0.3, 0.4) is 0 Å². The number of carbonyl (C=O) groups excluding carboxylic acids is 1. The number of aromatic nitrogens is 2. The van der Waals surface area contributed by atoms with Gasteiger partial charge in [0.25, 0.3) is 5.91 Å². The summed E-state index contributed by atoms with van der Waals surface area (Å²) < 4.78 is 47.1. The highest BCUT2D eigenvalue weighted by Gasteiger charge is 2.16. The van der Waals surface area contributed by atoms with Gasteiger partial charge in [-0.15, -0.1) is 0 Å². The van der Waals surface area contributed by atoms with Crippen molar-refractivity contribution < 1.29 is 22.3 Å². The molecule has 0 atom stereocenters. The molecule has 34 heavy (non-hydrogen) atoms. The Bertz CT molecular complexity index is 1420. The third kappa shape index (κ3) is 5.14. The largest absolute Gasteiger partial charge is 0.383 e. The highest BCUT2D eigenvalue weighted by atomic mass is 32.2. The number of amides is 1. The number of sulfonamides is 1. The van der Waals surface area contributed by atoms with Gasteiger partial charge in [0, 0.05) is 25.6 Å². The molecule has 0 spiro atoms. The van der Waals surface area contributed by atoms with Gasteiger partial charge in [-0.25, -0.2) is 22.2 Å². The van der Waals surface area contributed by atoms with Crippen LogP contribution in [0.2, 0.25) is 0 Å². The van der Waals surface area contributed by atoms with E-state index in [0.29, 0.717) is 27.7 Å². The maximum absolute atomic E-state index is 13.3. The summed E-state index contributed by atoms with van der Waals surface area (Å²) in [6.07, 6.45) is 1.59. The van der Waals surface area contributed by atoms with Crippen molar-refractivity contribution in [3.63, 3.8) is 0 Å². The molecule has 0 unspecified atom stereocenters. The highest BCUT2D eigenvalue weighted by molar-refractivity contribution is 7.89. The Kier molecular flexibility index (Phi) is 7.01. The van der Waals surface area contributed by atoms with Crippen LogP contribution in [0.5, 0.6) is 0 Å². The number of fused-ring (bicyclic) bond motifs is 1. The number of halogens is 1. The molecular formula is C24H23FN4O4S. The van der Waals surface area contributed by atoms with Crippen LogP contribution >= 0.6 is 0 Å². The Morgan fingerprint density at radius 3 is 2.62 bits per heavy atom. The van der Waals surface area contributed by atoms with Crippen molar-refractivity contribution in [2.75, 3.05) is 20.3 Å². The van der Waals surface area contributed by atoms with E-state index in [-0.39, 0.29) is 36.3 Å². The Morgan fingerprint density at radius 2 is 1.85 bits per heavy atom. The molecule has 0 bridgehead atoms. The van der Waals surface area contributed by atoms with Gasteiger partial charge in [0.15, 0.2) is 0 Å². The van der Waals surface area contributed by atoms with Gasteiger partial charge < -0.3 is 10.1 Å². The molecule has 10 heteroatoms. The molecule has 3 aromatic carbocycles. The fourth-order valence-electron chi connectivity index (χ4n) is 3.50. The standard InChI is InChI=1S/C24H23FN4O4S/c1-33-13-12-28-34(31,32)20-5-2-4-17(14-20)15-26-24(30)21-6-3-7-23-22(21)16-27-29(23)19-10-8-18(25)9-11-19/h2-11,14,16,28H,12-13,15H2,1H3,(H,26,30). The molecule has 1 heterocycles. The lowest BCUT2D eigenvalue weighted by molar-refractivity contribution is 0.0952. The fraction of sp³-hybridized carbons (Fsp3) is 0.167. The second kappa shape index (κ2) is 10.1. The van der Waals surface area contributed by atoms with Crippen molar-refractivity contribution in [3.8, 4) is 5.69 Å². The van der Waals surface area contributed by atoms with E-state index in [0.717, 1.165) is 0 Å². The first kappa shape index (κ1) is 23.6. The van der Waals surface area contributed by atoms with Gasteiger partial charge in [-0.05, 0) is 54.1 Å². The van der Waals surface area contributed by atoms with Crippen LogP contribution in [0.4, 0.5) is 4.39 Å². The smallest absolute Gasteiger partial charge is 0.252 e. The number of hydrogen-bond acceptors (Lipinski definition) is 5. The number of carbonyl (C=O) groups is 1. The molecule has 0 aliphatic rings. The number of ether oxygens (including phenoxy) is 1. The molecule has 0 saturated heterocycles. The zero-order valence-electron chi connectivity index (χ0n) is 18.4. The molecule has 2 N–H and O–H groups in total. The molecule has 4 aromatic rings. The molecule has 1 aromatic heterocycles. The number of benzene rings is 3. The van der Waals surface area contributed by atoms with Gasteiger partial charge >= 0.3 is 0 Å². The molecule has 0 aliphatic heterocycles. The van der Waals surface area contributed by atoms with Gasteiger partial charge in [-0.1, -0.05) is 18.2 Å². The van der Waals surface area contributed by atoms with Gasteiger partial charge in [0.1, 0.15) is 5.82 Å². The summed E-state index contributed by atoms with van der Waals surface area (Å²) in [6, 6.07) is 17.6. The van der Waals surface area contributed by atoms with E-state index in [1.165, 1.54) is 31.4 Å². The van der Waals surface area contributed by atoms with Crippen molar-refractivity contribution in [2.45, 2.75) is 11.4 Å². The predicted octanol–water partition coefficient (Wildman–Crippen LogP) is 3.02. The molecule has 1 amide bonds. The first-order valence-electron chi connectivity index (χ1n) is 10.5. The van der Waals surface area contributed by atoms with Gasteiger partial charge in [0.05, 0.1) is 34.5 Å². The lowest BCUT2D eigenvalue weighted by atomic mass is 10.1. The number of hydrogen-bond donors (Lipinski definition) is 2. The van der Waals surface area contributed by atoms with Crippen molar-refractivity contribution in [1.29, 1.82) is 0 Å². The Hall–Kier alpha value is -3.60. The summed E-state index contributed by atoms with van der Waals surface area (Å²) in [5.41, 5.74) is 2.44. The van der Waals surface area contributed by atoms with Crippen LogP contribution in [0, 0.1) is 5.82 Å². The average Bonchev–Trinajstić information content (AvgIpc) is 3.27. The number of rotatable bonds is 9. The van der Waals surface area contributed by atoms with Gasteiger partial charge in [-0.3, -0.25) is 4.79 Å². The highest BCUT2D eigenvalue weighted by Crippen LogP contribution is 2.22. The van der Waals surface area contributed by atoms with Crippen molar-refractivity contribution in [1.82, 2.24) is 19.8 Å². The zero-order valence-corrected chi connectivity index (χ0v) is 19.2. The predicted molar refractivity (Wildman–Crippen MR) is 126 cm³/mol. The SMILES string of the molecule is COCCNS(=O)(=O)c1cccc(CNC(=O)c2cccc3c2cnn3-c2ccc(F)cc2)c1. The zero-order chi connectivity index (χ0) is 24.1. The molecule has 4 rings (SSSR count). The molecular weight excluding hydrogens is 459 g/mol. The van der Waals surface area contributed by atoms with E-state index < -0.39 is 10.0 Å². The van der Waals surface area contributed by atoms with Crippen LogP contribution in [0.25, 0.3) is 16.6 Å². The second-order valence-corrected chi connectivity index (χ2v) is 9.26. The van der Waals surface area contributed by atoms with E-state index in [9.17, 15) is 17.6 Å². The third-order valence-electron chi connectivity index (χ3n) is 5.19. The summed E-state index contributed by atoms with van der Waals surface area (Å²) in [5, 5.41) is 7.83. The summed E-state index contributed by atoms with van der Waals surface area (Å²) in [6.45, 7) is 0.566. The number of nitrogens with zero attached hydrogens (tertiary/aromatic N) is 2. The fourth-order valence-corrected chi connectivity index (χ4v) is 4.58. The van der Waals surface area contributed by atoms with E-state index in [1.54, 1.807) is 47.3 Å². The average molecular weight is 483 g/mol. The van der Waals surface area contributed by atoms with Crippen LogP contribution in [0.15, 0.2) is 77.8 Å². The number of methoxy groups -OCH3 is 1. The summed E-state index contributed by atoms with van der Waals surface area (Å²) in [7, 11) is -2.19. The summed E-state index contributed by atoms with van der Waals surface area (Å²) in [5.74, 6) is -0.668. The second-order valence-electron chi connectivity index (χ2n) is 7.49. The van der Waals surface area contributed by atoms with E-state index in [4.69, 9.17) is 4.74 Å². The topological polar surface area (TPSA) is 102 Å². The normalized spacial score (nSPS) is 11.6. The first-order valence-corrected chi connectivity index (χ1v) is 12.0. The monoisotopic (exact) mass is 482 g/mol. The van der Waals surface area contributed by atoms with Crippen LogP contribution in [-0.2, 0) is 21.3 Å².